The summed E-state index contributed by atoms with van der Waals surface area (Å²) in [6.45, 7) is 0.627. The molecule has 0 aromatic heterocycles. The van der Waals surface area contributed by atoms with E-state index in [1.807, 2.05) is 0 Å². The standard InChI is InChI=1S/C7H9FN2O/c8-6-2-4-10(5-6)7(11)1-3-9/h6H,1-2,4-5H2/t6-/m0/s1. The van der Waals surface area contributed by atoms with Crippen LogP contribution in [0.3, 0.4) is 0 Å². The largest absolute Gasteiger partial charge is 0.339 e. The molecule has 0 spiro atoms. The van der Waals surface area contributed by atoms with Crippen molar-refractivity contribution in [1.29, 1.82) is 5.26 Å². The quantitative estimate of drug-likeness (QED) is 0.554. The van der Waals surface area contributed by atoms with E-state index in [1.54, 1.807) is 6.07 Å². The van der Waals surface area contributed by atoms with Crippen LogP contribution in [-0.4, -0.2) is 30.1 Å². The average Bonchev–Trinajstić information content (AvgIpc) is 2.36. The van der Waals surface area contributed by atoms with Gasteiger partial charge in [0.2, 0.25) is 5.91 Å². The van der Waals surface area contributed by atoms with Crippen molar-refractivity contribution in [2.75, 3.05) is 13.1 Å². The summed E-state index contributed by atoms with van der Waals surface area (Å²) in [6.07, 6.45) is -0.609. The molecule has 1 fully saturated rings. The molecule has 0 aromatic carbocycles. The van der Waals surface area contributed by atoms with E-state index < -0.39 is 6.17 Å². The maximum atomic E-state index is 12.5. The number of carbonyl (C=O) groups excluding carboxylic acids is 1. The van der Waals surface area contributed by atoms with E-state index >= 15 is 0 Å². The summed E-state index contributed by atoms with van der Waals surface area (Å²) in [4.78, 5) is 12.3. The molecule has 1 saturated heterocycles. The zero-order chi connectivity index (χ0) is 8.27. The molecule has 0 unspecified atom stereocenters. The highest BCUT2D eigenvalue weighted by atomic mass is 19.1. The molecule has 0 N–H and O–H groups in total. The Hall–Kier alpha value is -1.11. The minimum absolute atomic E-state index is 0.132. The summed E-state index contributed by atoms with van der Waals surface area (Å²) in [5, 5.41) is 8.17. The van der Waals surface area contributed by atoms with E-state index in [9.17, 15) is 9.18 Å². The summed E-state index contributed by atoms with van der Waals surface area (Å²) in [5.74, 6) is -0.257. The second kappa shape index (κ2) is 3.33. The predicted molar refractivity (Wildman–Crippen MR) is 36.3 cm³/mol. The van der Waals surface area contributed by atoms with Gasteiger partial charge in [0, 0.05) is 6.54 Å². The van der Waals surface area contributed by atoms with Gasteiger partial charge in [-0.15, -0.1) is 0 Å². The van der Waals surface area contributed by atoms with Gasteiger partial charge in [-0.05, 0) is 6.42 Å². The molecule has 0 aliphatic carbocycles. The Morgan fingerprint density at radius 2 is 2.55 bits per heavy atom. The van der Waals surface area contributed by atoms with Crippen LogP contribution in [0.4, 0.5) is 4.39 Å². The fourth-order valence-corrected chi connectivity index (χ4v) is 1.12. The van der Waals surface area contributed by atoms with Crippen LogP contribution in [0, 0.1) is 11.3 Å². The predicted octanol–water partition coefficient (Wildman–Crippen LogP) is 0.470. The lowest BCUT2D eigenvalue weighted by molar-refractivity contribution is -0.129. The van der Waals surface area contributed by atoms with Crippen molar-refractivity contribution in [2.45, 2.75) is 19.0 Å². The molecule has 4 heteroatoms. The average molecular weight is 156 g/mol. The van der Waals surface area contributed by atoms with Crippen LogP contribution >= 0.6 is 0 Å². The summed E-state index contributed by atoms with van der Waals surface area (Å²) in [5.41, 5.74) is 0. The Kier molecular flexibility index (Phi) is 2.42. The number of nitriles is 1. The molecule has 1 atom stereocenters. The van der Waals surface area contributed by atoms with Crippen molar-refractivity contribution in [2.24, 2.45) is 0 Å². The van der Waals surface area contributed by atoms with Crippen LogP contribution in [0.25, 0.3) is 0 Å². The Balaban J connectivity index is 2.38. The van der Waals surface area contributed by atoms with E-state index in [-0.39, 0.29) is 18.9 Å². The zero-order valence-corrected chi connectivity index (χ0v) is 6.09. The summed E-state index contributed by atoms with van der Waals surface area (Å²) in [7, 11) is 0. The Labute approximate surface area is 64.4 Å². The van der Waals surface area contributed by atoms with Gasteiger partial charge in [0.1, 0.15) is 12.6 Å². The number of carbonyl (C=O) groups is 1. The molecule has 0 radical (unpaired) electrons. The van der Waals surface area contributed by atoms with E-state index in [0.717, 1.165) is 0 Å². The van der Waals surface area contributed by atoms with Gasteiger partial charge >= 0.3 is 0 Å². The summed E-state index contributed by atoms with van der Waals surface area (Å²) in [6, 6.07) is 1.75. The van der Waals surface area contributed by atoms with Crippen molar-refractivity contribution in [3.63, 3.8) is 0 Å². The number of rotatable bonds is 1. The van der Waals surface area contributed by atoms with Gasteiger partial charge in [-0.25, -0.2) is 4.39 Å². The second-order valence-corrected chi connectivity index (χ2v) is 2.56. The van der Waals surface area contributed by atoms with Crippen molar-refractivity contribution in [3.05, 3.63) is 0 Å². The molecule has 1 rings (SSSR count). The van der Waals surface area contributed by atoms with Crippen LogP contribution in [0.5, 0.6) is 0 Å². The molecule has 1 aliphatic heterocycles. The van der Waals surface area contributed by atoms with Gasteiger partial charge in [0.15, 0.2) is 0 Å². The molecule has 1 amide bonds. The van der Waals surface area contributed by atoms with Crippen LogP contribution in [0.2, 0.25) is 0 Å². The molecule has 0 saturated carbocycles. The minimum Gasteiger partial charge on any atom is -0.339 e. The molecular weight excluding hydrogens is 147 g/mol. The lowest BCUT2D eigenvalue weighted by atomic mass is 10.3. The molecular formula is C7H9FN2O. The Bertz CT molecular complexity index is 199. The number of halogens is 1. The van der Waals surface area contributed by atoms with E-state index in [0.29, 0.717) is 13.0 Å². The van der Waals surface area contributed by atoms with Crippen molar-refractivity contribution < 1.29 is 9.18 Å². The molecule has 1 heterocycles. The third kappa shape index (κ3) is 1.90. The smallest absolute Gasteiger partial charge is 0.236 e. The third-order valence-corrected chi connectivity index (χ3v) is 1.71. The molecule has 0 bridgehead atoms. The monoisotopic (exact) mass is 156 g/mol. The Morgan fingerprint density at radius 3 is 3.00 bits per heavy atom. The highest BCUT2D eigenvalue weighted by molar-refractivity contribution is 5.78. The fraction of sp³-hybridized carbons (Fsp3) is 0.714. The summed E-state index contributed by atoms with van der Waals surface area (Å²) < 4.78 is 12.5. The first kappa shape index (κ1) is 7.99. The van der Waals surface area contributed by atoms with Gasteiger partial charge < -0.3 is 4.90 Å². The summed E-state index contributed by atoms with van der Waals surface area (Å²) >= 11 is 0. The van der Waals surface area contributed by atoms with Gasteiger partial charge in [-0.2, -0.15) is 5.26 Å². The maximum absolute atomic E-state index is 12.5. The first-order chi connectivity index (χ1) is 5.24. The number of hydrogen-bond acceptors (Lipinski definition) is 2. The normalized spacial score (nSPS) is 23.3. The van der Waals surface area contributed by atoms with Gasteiger partial charge in [-0.1, -0.05) is 0 Å². The number of alkyl halides is 1. The number of nitrogens with zero attached hydrogens (tertiary/aromatic N) is 2. The Morgan fingerprint density at radius 1 is 1.82 bits per heavy atom. The van der Waals surface area contributed by atoms with Gasteiger partial charge in [0.05, 0.1) is 12.6 Å². The van der Waals surface area contributed by atoms with Crippen LogP contribution < -0.4 is 0 Å². The van der Waals surface area contributed by atoms with E-state index in [4.69, 9.17) is 5.26 Å². The van der Waals surface area contributed by atoms with Gasteiger partial charge in [0.25, 0.3) is 0 Å². The van der Waals surface area contributed by atoms with Crippen LogP contribution in [-0.2, 0) is 4.79 Å². The molecule has 0 aromatic rings. The second-order valence-electron chi connectivity index (χ2n) is 2.56. The zero-order valence-electron chi connectivity index (χ0n) is 6.09. The van der Waals surface area contributed by atoms with Crippen LogP contribution in [0.1, 0.15) is 12.8 Å². The molecule has 1 aliphatic rings. The first-order valence-corrected chi connectivity index (χ1v) is 3.53. The topological polar surface area (TPSA) is 44.1 Å². The van der Waals surface area contributed by atoms with Gasteiger partial charge in [-0.3, -0.25) is 4.79 Å². The lowest BCUT2D eigenvalue weighted by Gasteiger charge is -2.11. The van der Waals surface area contributed by atoms with E-state index in [2.05, 4.69) is 0 Å². The first-order valence-electron chi connectivity index (χ1n) is 3.53. The molecule has 3 nitrogen and oxygen atoms in total. The minimum atomic E-state index is -0.891. The van der Waals surface area contributed by atoms with Crippen molar-refractivity contribution in [1.82, 2.24) is 4.90 Å². The highest BCUT2D eigenvalue weighted by Gasteiger charge is 2.24. The molecule has 60 valence electrons. The van der Waals surface area contributed by atoms with E-state index in [1.165, 1.54) is 4.90 Å². The van der Waals surface area contributed by atoms with Crippen LogP contribution in [0.15, 0.2) is 0 Å². The van der Waals surface area contributed by atoms with Crippen molar-refractivity contribution >= 4 is 5.91 Å². The maximum Gasteiger partial charge on any atom is 0.236 e. The molecule has 11 heavy (non-hydrogen) atoms. The highest BCUT2D eigenvalue weighted by Crippen LogP contribution is 2.12. The fourth-order valence-electron chi connectivity index (χ4n) is 1.12. The van der Waals surface area contributed by atoms with Crippen molar-refractivity contribution in [3.8, 4) is 6.07 Å². The third-order valence-electron chi connectivity index (χ3n) is 1.71. The SMILES string of the molecule is N#CCC(=O)N1CC[C@H](F)C1. The lowest BCUT2D eigenvalue weighted by Crippen LogP contribution is -2.28. The number of hydrogen-bond donors (Lipinski definition) is 0. The number of amides is 1. The number of likely N-dealkylation sites (tertiary alicyclic amines) is 1.